The van der Waals surface area contributed by atoms with Crippen molar-refractivity contribution in [3.8, 4) is 0 Å². The summed E-state index contributed by atoms with van der Waals surface area (Å²) in [5.74, 6) is 0.852. The molecule has 0 heterocycles. The van der Waals surface area contributed by atoms with Gasteiger partial charge in [-0.15, -0.1) is 9.24 Å². The molecular weight excluding hydrogens is 338 g/mol. The predicted molar refractivity (Wildman–Crippen MR) is 118 cm³/mol. The van der Waals surface area contributed by atoms with E-state index >= 15 is 0 Å². The molecule has 1 aliphatic rings. The van der Waals surface area contributed by atoms with E-state index in [1.807, 2.05) is 0 Å². The maximum absolute atomic E-state index is 3.08. The van der Waals surface area contributed by atoms with E-state index in [4.69, 9.17) is 0 Å². The molecule has 0 nitrogen and oxygen atoms in total. The Balaban J connectivity index is 1.73. The molecule has 0 aromatic heterocycles. The van der Waals surface area contributed by atoms with Crippen LogP contribution in [0.1, 0.15) is 39.5 Å². The van der Waals surface area contributed by atoms with Crippen molar-refractivity contribution in [1.82, 2.24) is 0 Å². The number of allylic oxidation sites excluding steroid dienone is 2. The van der Waals surface area contributed by atoms with Crippen molar-refractivity contribution in [1.29, 1.82) is 0 Å². The van der Waals surface area contributed by atoms with Crippen LogP contribution in [-0.2, 0) is 0 Å². The SMILES string of the molecule is CC[C@@H](P)[C@H]1CC(C)=C(CCP(c2ccccc2)c2ccccc2)C1. The van der Waals surface area contributed by atoms with E-state index in [0.29, 0.717) is 0 Å². The topological polar surface area (TPSA) is 0 Å². The van der Waals surface area contributed by atoms with Crippen molar-refractivity contribution in [2.24, 2.45) is 5.92 Å². The summed E-state index contributed by atoms with van der Waals surface area (Å²) < 4.78 is 0. The summed E-state index contributed by atoms with van der Waals surface area (Å²) in [6.07, 6.45) is 6.44. The van der Waals surface area contributed by atoms with Crippen LogP contribution in [0.15, 0.2) is 71.8 Å². The zero-order valence-corrected chi connectivity index (χ0v) is 17.5. The third-order valence-corrected chi connectivity index (χ3v) is 9.06. The minimum Gasteiger partial charge on any atom is -0.134 e. The van der Waals surface area contributed by atoms with Gasteiger partial charge >= 0.3 is 0 Å². The average Bonchev–Trinajstić information content (AvgIpc) is 3.04. The highest BCUT2D eigenvalue weighted by atomic mass is 31.1. The highest BCUT2D eigenvalue weighted by Gasteiger charge is 2.26. The van der Waals surface area contributed by atoms with Crippen molar-refractivity contribution >= 4 is 27.8 Å². The Kier molecular flexibility index (Phi) is 6.86. The van der Waals surface area contributed by atoms with Crippen molar-refractivity contribution in [3.63, 3.8) is 0 Å². The van der Waals surface area contributed by atoms with E-state index in [1.165, 1.54) is 42.5 Å². The maximum atomic E-state index is 3.08. The van der Waals surface area contributed by atoms with Gasteiger partial charge in [0, 0.05) is 0 Å². The van der Waals surface area contributed by atoms with E-state index in [2.05, 4.69) is 83.8 Å². The van der Waals surface area contributed by atoms with E-state index in [9.17, 15) is 0 Å². The molecule has 0 fully saturated rings. The molecule has 0 saturated heterocycles. The molecular formula is C23H30P2. The van der Waals surface area contributed by atoms with Crippen LogP contribution in [0.25, 0.3) is 0 Å². The van der Waals surface area contributed by atoms with Gasteiger partial charge in [0.15, 0.2) is 0 Å². The van der Waals surface area contributed by atoms with Gasteiger partial charge in [-0.2, -0.15) is 0 Å². The third kappa shape index (κ3) is 4.81. The lowest BCUT2D eigenvalue weighted by molar-refractivity contribution is 0.515. The lowest BCUT2D eigenvalue weighted by Gasteiger charge is -2.20. The number of benzene rings is 2. The fraction of sp³-hybridized carbons (Fsp3) is 0.391. The summed E-state index contributed by atoms with van der Waals surface area (Å²) in [6.45, 7) is 4.69. The van der Waals surface area contributed by atoms with Crippen LogP contribution in [0.4, 0.5) is 0 Å². The van der Waals surface area contributed by atoms with Gasteiger partial charge < -0.3 is 0 Å². The molecule has 3 atom stereocenters. The zero-order valence-electron chi connectivity index (χ0n) is 15.5. The second kappa shape index (κ2) is 9.12. The van der Waals surface area contributed by atoms with Crippen LogP contribution >= 0.6 is 17.2 Å². The van der Waals surface area contributed by atoms with Crippen molar-refractivity contribution in [3.05, 3.63) is 71.8 Å². The first-order valence-corrected chi connectivity index (χ1v) is 11.7. The van der Waals surface area contributed by atoms with Crippen molar-refractivity contribution < 1.29 is 0 Å². The Morgan fingerprint density at radius 2 is 1.52 bits per heavy atom. The molecule has 25 heavy (non-hydrogen) atoms. The van der Waals surface area contributed by atoms with Crippen molar-refractivity contribution in [2.45, 2.75) is 45.2 Å². The molecule has 0 radical (unpaired) electrons. The van der Waals surface area contributed by atoms with Crippen LogP contribution in [0.2, 0.25) is 0 Å². The Morgan fingerprint density at radius 1 is 0.960 bits per heavy atom. The molecule has 0 N–H and O–H groups in total. The lowest BCUT2D eigenvalue weighted by Crippen LogP contribution is -2.14. The Labute approximate surface area is 157 Å². The van der Waals surface area contributed by atoms with Gasteiger partial charge in [0.1, 0.15) is 0 Å². The fourth-order valence-corrected chi connectivity index (χ4v) is 6.57. The Morgan fingerprint density at radius 3 is 2.04 bits per heavy atom. The molecule has 0 saturated carbocycles. The van der Waals surface area contributed by atoms with E-state index in [0.717, 1.165) is 11.6 Å². The van der Waals surface area contributed by atoms with E-state index in [1.54, 1.807) is 11.1 Å². The normalized spacial score (nSPS) is 18.8. The van der Waals surface area contributed by atoms with Crippen LogP contribution in [0, 0.1) is 5.92 Å². The average molecular weight is 368 g/mol. The molecule has 1 aliphatic carbocycles. The summed E-state index contributed by atoms with van der Waals surface area (Å²) in [5, 5.41) is 3.02. The molecule has 0 bridgehead atoms. The van der Waals surface area contributed by atoms with Gasteiger partial charge in [-0.1, -0.05) is 78.7 Å². The first-order chi connectivity index (χ1) is 12.2. The molecule has 0 spiro atoms. The first kappa shape index (κ1) is 18.8. The molecule has 3 rings (SSSR count). The van der Waals surface area contributed by atoms with Gasteiger partial charge in [0.05, 0.1) is 0 Å². The zero-order chi connectivity index (χ0) is 17.6. The first-order valence-electron chi connectivity index (χ1n) is 9.49. The van der Waals surface area contributed by atoms with Crippen molar-refractivity contribution in [2.75, 3.05) is 6.16 Å². The lowest BCUT2D eigenvalue weighted by atomic mass is 9.98. The Bertz CT molecular complexity index is 651. The minimum atomic E-state index is -0.259. The van der Waals surface area contributed by atoms with E-state index < -0.39 is 0 Å². The highest BCUT2D eigenvalue weighted by Crippen LogP contribution is 2.42. The Hall–Kier alpha value is -0.960. The summed E-state index contributed by atoms with van der Waals surface area (Å²) in [6, 6.07) is 22.2. The quantitative estimate of drug-likeness (QED) is 0.422. The smallest absolute Gasteiger partial charge is 0.0195 e. The number of hydrogen-bond donors (Lipinski definition) is 0. The van der Waals surface area contributed by atoms with Gasteiger partial charge in [0.2, 0.25) is 0 Å². The molecule has 0 aliphatic heterocycles. The maximum Gasteiger partial charge on any atom is -0.0195 e. The molecule has 1 unspecified atom stereocenters. The van der Waals surface area contributed by atoms with Gasteiger partial charge in [-0.25, -0.2) is 0 Å². The van der Waals surface area contributed by atoms with Gasteiger partial charge in [0.25, 0.3) is 0 Å². The molecule has 2 aromatic rings. The summed E-state index contributed by atoms with van der Waals surface area (Å²) in [7, 11) is 2.82. The summed E-state index contributed by atoms with van der Waals surface area (Å²) in [4.78, 5) is 0. The van der Waals surface area contributed by atoms with Crippen LogP contribution in [0.3, 0.4) is 0 Å². The number of hydrogen-bond acceptors (Lipinski definition) is 0. The predicted octanol–water partition coefficient (Wildman–Crippen LogP) is 5.89. The molecule has 132 valence electrons. The summed E-state index contributed by atoms with van der Waals surface area (Å²) in [5.41, 5.74) is 4.18. The second-order valence-electron chi connectivity index (χ2n) is 7.20. The largest absolute Gasteiger partial charge is 0.134 e. The minimum absolute atomic E-state index is 0.259. The molecule has 2 aromatic carbocycles. The standard InChI is InChI=1S/C23H30P2/c1-3-23(24)20-16-18(2)19(17-20)14-15-25(21-10-6-4-7-11-21)22-12-8-5-9-13-22/h4-13,20,23H,3,14-17,24H2,1-2H3/t20-,23+/m0/s1. The molecule has 0 amide bonds. The van der Waals surface area contributed by atoms with Crippen LogP contribution < -0.4 is 10.6 Å². The highest BCUT2D eigenvalue weighted by molar-refractivity contribution is 7.73. The van der Waals surface area contributed by atoms with E-state index in [-0.39, 0.29) is 7.92 Å². The fourth-order valence-electron chi connectivity index (χ4n) is 3.92. The monoisotopic (exact) mass is 368 g/mol. The molecule has 2 heteroatoms. The summed E-state index contributed by atoms with van der Waals surface area (Å²) >= 11 is 0. The van der Waals surface area contributed by atoms with Crippen LogP contribution in [-0.4, -0.2) is 11.8 Å². The number of rotatable bonds is 7. The second-order valence-corrected chi connectivity index (χ2v) is 10.4. The van der Waals surface area contributed by atoms with Crippen LogP contribution in [0.5, 0.6) is 0 Å². The van der Waals surface area contributed by atoms with Gasteiger partial charge in [-0.05, 0) is 68.9 Å². The van der Waals surface area contributed by atoms with Gasteiger partial charge in [-0.3, -0.25) is 0 Å². The third-order valence-electron chi connectivity index (χ3n) is 5.53.